The zero-order valence-electron chi connectivity index (χ0n) is 11.5. The Morgan fingerprint density at radius 3 is 2.42 bits per heavy atom. The Morgan fingerprint density at radius 2 is 1.74 bits per heavy atom. The number of nitrogen functional groups attached to an aromatic ring is 1. The van der Waals surface area contributed by atoms with Crippen LogP contribution in [0.2, 0.25) is 0 Å². The Balaban J connectivity index is 2.22. The molecule has 100 valence electrons. The summed E-state index contributed by atoms with van der Waals surface area (Å²) in [4.78, 5) is 0. The van der Waals surface area contributed by atoms with E-state index in [2.05, 4.69) is 5.32 Å². The van der Waals surface area contributed by atoms with Crippen molar-refractivity contribution in [1.29, 1.82) is 0 Å². The molecule has 0 aliphatic rings. The molecule has 2 nitrogen and oxygen atoms in total. The fourth-order valence-corrected chi connectivity index (χ4v) is 1.99. The molecule has 0 amide bonds. The Kier molecular flexibility index (Phi) is 3.74. The van der Waals surface area contributed by atoms with Crippen LogP contribution in [0.5, 0.6) is 0 Å². The lowest BCUT2D eigenvalue weighted by Crippen LogP contribution is -2.08. The van der Waals surface area contributed by atoms with Gasteiger partial charge in [-0.15, -0.1) is 0 Å². The number of rotatable bonds is 3. The molecule has 0 aliphatic carbocycles. The Morgan fingerprint density at radius 1 is 1.05 bits per heavy atom. The van der Waals surface area contributed by atoms with Crippen LogP contribution in [0.3, 0.4) is 0 Å². The van der Waals surface area contributed by atoms with E-state index in [-0.39, 0.29) is 11.9 Å². The van der Waals surface area contributed by atoms with Gasteiger partial charge < -0.3 is 11.1 Å². The maximum atomic E-state index is 13.6. The lowest BCUT2D eigenvalue weighted by molar-refractivity contribution is 0.614. The number of halogens is 1. The molecule has 0 saturated carbocycles. The van der Waals surface area contributed by atoms with Crippen LogP contribution in [-0.4, -0.2) is 0 Å². The van der Waals surface area contributed by atoms with E-state index in [9.17, 15) is 4.39 Å². The van der Waals surface area contributed by atoms with Crippen molar-refractivity contribution < 1.29 is 4.39 Å². The normalized spacial score (nSPS) is 12.2. The van der Waals surface area contributed by atoms with Crippen molar-refractivity contribution in [1.82, 2.24) is 0 Å². The summed E-state index contributed by atoms with van der Waals surface area (Å²) in [6.45, 7) is 5.79. The number of anilines is 2. The second-order valence-electron chi connectivity index (χ2n) is 4.95. The quantitative estimate of drug-likeness (QED) is 0.810. The minimum atomic E-state index is -0.171. The molecule has 3 heteroatoms. The molecule has 1 unspecified atom stereocenters. The molecule has 0 saturated heterocycles. The highest BCUT2D eigenvalue weighted by Gasteiger charge is 2.09. The van der Waals surface area contributed by atoms with E-state index in [4.69, 9.17) is 5.73 Å². The van der Waals surface area contributed by atoms with Crippen molar-refractivity contribution in [3.05, 3.63) is 58.9 Å². The van der Waals surface area contributed by atoms with Gasteiger partial charge in [-0.25, -0.2) is 4.39 Å². The summed E-state index contributed by atoms with van der Waals surface area (Å²) in [5.74, 6) is -0.171. The van der Waals surface area contributed by atoms with Crippen LogP contribution in [-0.2, 0) is 0 Å². The van der Waals surface area contributed by atoms with Gasteiger partial charge in [0, 0.05) is 17.4 Å². The number of aryl methyl sites for hydroxylation is 2. The maximum absolute atomic E-state index is 13.6. The second kappa shape index (κ2) is 5.31. The van der Waals surface area contributed by atoms with Gasteiger partial charge in [0.25, 0.3) is 0 Å². The molecule has 0 aliphatic heterocycles. The molecule has 2 aromatic carbocycles. The lowest BCUT2D eigenvalue weighted by atomic mass is 10.0. The van der Waals surface area contributed by atoms with E-state index in [1.807, 2.05) is 38.1 Å². The highest BCUT2D eigenvalue weighted by Crippen LogP contribution is 2.25. The second-order valence-corrected chi connectivity index (χ2v) is 4.95. The van der Waals surface area contributed by atoms with Crippen molar-refractivity contribution in [2.45, 2.75) is 26.8 Å². The monoisotopic (exact) mass is 258 g/mol. The lowest BCUT2D eigenvalue weighted by Gasteiger charge is -2.18. The Labute approximate surface area is 113 Å². The molecule has 0 radical (unpaired) electrons. The minimum Gasteiger partial charge on any atom is -0.399 e. The smallest absolute Gasteiger partial charge is 0.126 e. The number of nitrogens with one attached hydrogen (secondary N) is 1. The summed E-state index contributed by atoms with van der Waals surface area (Å²) < 4.78 is 13.6. The van der Waals surface area contributed by atoms with Gasteiger partial charge in [-0.1, -0.05) is 18.2 Å². The van der Waals surface area contributed by atoms with Crippen LogP contribution < -0.4 is 11.1 Å². The SMILES string of the molecule is Cc1ccc(C(C)Nc2cc(N)ccc2C)cc1F. The first-order valence-corrected chi connectivity index (χ1v) is 6.36. The third-order valence-electron chi connectivity index (χ3n) is 3.33. The first kappa shape index (κ1) is 13.4. The average Bonchev–Trinajstić information content (AvgIpc) is 2.37. The third kappa shape index (κ3) is 3.05. The molecule has 0 fully saturated rings. The molecule has 2 aromatic rings. The molecule has 3 N–H and O–H groups in total. The maximum Gasteiger partial charge on any atom is 0.126 e. The van der Waals surface area contributed by atoms with Crippen molar-refractivity contribution in [2.24, 2.45) is 0 Å². The average molecular weight is 258 g/mol. The first-order valence-electron chi connectivity index (χ1n) is 6.36. The van der Waals surface area contributed by atoms with Gasteiger partial charge in [-0.05, 0) is 55.7 Å². The summed E-state index contributed by atoms with van der Waals surface area (Å²) in [5.41, 5.74) is 10.2. The van der Waals surface area contributed by atoms with Crippen LogP contribution in [0.15, 0.2) is 36.4 Å². The molecule has 1 atom stereocenters. The predicted molar refractivity (Wildman–Crippen MR) is 78.8 cm³/mol. The fraction of sp³-hybridized carbons (Fsp3) is 0.250. The fourth-order valence-electron chi connectivity index (χ4n) is 1.99. The van der Waals surface area contributed by atoms with E-state index in [0.717, 1.165) is 22.5 Å². The molecule has 0 spiro atoms. The molecule has 0 heterocycles. The van der Waals surface area contributed by atoms with Crippen molar-refractivity contribution in [3.8, 4) is 0 Å². The van der Waals surface area contributed by atoms with E-state index in [1.54, 1.807) is 19.1 Å². The van der Waals surface area contributed by atoms with Gasteiger partial charge in [0.2, 0.25) is 0 Å². The standard InChI is InChI=1S/C16H19FN2/c1-10-4-6-13(8-15(10)17)12(3)19-16-9-14(18)7-5-11(16)2/h4-9,12,19H,18H2,1-3H3. The summed E-state index contributed by atoms with van der Waals surface area (Å²) in [6, 6.07) is 11.1. The minimum absolute atomic E-state index is 0.0237. The predicted octanol–water partition coefficient (Wildman–Crippen LogP) is 4.20. The Hall–Kier alpha value is -2.03. The summed E-state index contributed by atoms with van der Waals surface area (Å²) in [6.07, 6.45) is 0. The van der Waals surface area contributed by atoms with Crippen molar-refractivity contribution in [2.75, 3.05) is 11.1 Å². The van der Waals surface area contributed by atoms with Crippen LogP contribution in [0.4, 0.5) is 15.8 Å². The molecular weight excluding hydrogens is 239 g/mol. The van der Waals surface area contributed by atoms with E-state index in [0.29, 0.717) is 5.56 Å². The number of hydrogen-bond acceptors (Lipinski definition) is 2. The van der Waals surface area contributed by atoms with Gasteiger partial charge in [0.05, 0.1) is 0 Å². The number of benzene rings is 2. The van der Waals surface area contributed by atoms with Crippen LogP contribution in [0.1, 0.15) is 29.7 Å². The highest BCUT2D eigenvalue weighted by atomic mass is 19.1. The summed E-state index contributed by atoms with van der Waals surface area (Å²) >= 11 is 0. The zero-order chi connectivity index (χ0) is 14.0. The van der Waals surface area contributed by atoms with E-state index >= 15 is 0 Å². The Bertz CT molecular complexity index is 593. The highest BCUT2D eigenvalue weighted by molar-refractivity contribution is 5.60. The summed E-state index contributed by atoms with van der Waals surface area (Å²) in [7, 11) is 0. The van der Waals surface area contributed by atoms with E-state index < -0.39 is 0 Å². The van der Waals surface area contributed by atoms with Gasteiger partial charge >= 0.3 is 0 Å². The topological polar surface area (TPSA) is 38.0 Å². The van der Waals surface area contributed by atoms with Crippen molar-refractivity contribution >= 4 is 11.4 Å². The van der Waals surface area contributed by atoms with Gasteiger partial charge in [0.1, 0.15) is 5.82 Å². The largest absolute Gasteiger partial charge is 0.399 e. The van der Waals surface area contributed by atoms with Gasteiger partial charge in [-0.2, -0.15) is 0 Å². The third-order valence-corrected chi connectivity index (χ3v) is 3.33. The first-order chi connectivity index (χ1) is 8.97. The molecule has 0 aromatic heterocycles. The van der Waals surface area contributed by atoms with Crippen molar-refractivity contribution in [3.63, 3.8) is 0 Å². The zero-order valence-corrected chi connectivity index (χ0v) is 11.5. The summed E-state index contributed by atoms with van der Waals surface area (Å²) in [5, 5.41) is 3.37. The van der Waals surface area contributed by atoms with Gasteiger partial charge in [-0.3, -0.25) is 0 Å². The van der Waals surface area contributed by atoms with Gasteiger partial charge in [0.15, 0.2) is 0 Å². The molecule has 19 heavy (non-hydrogen) atoms. The number of hydrogen-bond donors (Lipinski definition) is 2. The van der Waals surface area contributed by atoms with Crippen LogP contribution in [0, 0.1) is 19.7 Å². The number of nitrogens with two attached hydrogens (primary N) is 1. The molecular formula is C16H19FN2. The van der Waals surface area contributed by atoms with Crippen LogP contribution >= 0.6 is 0 Å². The molecule has 2 rings (SSSR count). The molecule has 0 bridgehead atoms. The van der Waals surface area contributed by atoms with E-state index in [1.165, 1.54) is 0 Å². The van der Waals surface area contributed by atoms with Crippen LogP contribution in [0.25, 0.3) is 0 Å².